The van der Waals surface area contributed by atoms with Crippen LogP contribution in [0.3, 0.4) is 0 Å². The number of fused-ring (bicyclic) bond motifs is 1. The van der Waals surface area contributed by atoms with Gasteiger partial charge in [-0.25, -0.2) is 8.42 Å². The van der Waals surface area contributed by atoms with E-state index in [-0.39, 0.29) is 0 Å². The molecule has 0 saturated carbocycles. The highest BCUT2D eigenvalue weighted by Crippen LogP contribution is 2.28. The van der Waals surface area contributed by atoms with Gasteiger partial charge >= 0.3 is 0 Å². The zero-order chi connectivity index (χ0) is 17.4. The summed E-state index contributed by atoms with van der Waals surface area (Å²) in [5, 5.41) is 0.879. The number of morpholine rings is 1. The third-order valence-corrected chi connectivity index (χ3v) is 6.72. The van der Waals surface area contributed by atoms with Crippen molar-refractivity contribution in [3.63, 3.8) is 0 Å². The van der Waals surface area contributed by atoms with E-state index in [9.17, 15) is 8.42 Å². The second-order valence-electron chi connectivity index (χ2n) is 5.96. The number of sulfonamides is 1. The zero-order valence-corrected chi connectivity index (χ0v) is 15.8. The maximum atomic E-state index is 12.8. The molecule has 0 unspecified atom stereocenters. The molecule has 0 amide bonds. The van der Waals surface area contributed by atoms with Crippen LogP contribution in [-0.4, -0.2) is 44.0 Å². The summed E-state index contributed by atoms with van der Waals surface area (Å²) in [5.74, 6) is 0. The maximum absolute atomic E-state index is 12.8. The number of nitrogens with zero attached hydrogens (tertiary/aromatic N) is 1. The van der Waals surface area contributed by atoms with Gasteiger partial charge in [-0.1, -0.05) is 28.1 Å². The van der Waals surface area contributed by atoms with Gasteiger partial charge < -0.3 is 9.72 Å². The molecule has 1 fully saturated rings. The summed E-state index contributed by atoms with van der Waals surface area (Å²) in [6.07, 6.45) is 0. The molecule has 5 nitrogen and oxygen atoms in total. The zero-order valence-electron chi connectivity index (χ0n) is 13.4. The molecule has 4 rings (SSSR count). The Hall–Kier alpha value is -1.67. The number of hydrogen-bond donors (Lipinski definition) is 1. The van der Waals surface area contributed by atoms with E-state index in [1.54, 1.807) is 12.1 Å². The van der Waals surface area contributed by atoms with Crippen molar-refractivity contribution < 1.29 is 13.2 Å². The minimum absolute atomic E-state index is 0.321. The van der Waals surface area contributed by atoms with E-state index in [4.69, 9.17) is 4.74 Å². The van der Waals surface area contributed by atoms with Gasteiger partial charge in [0.25, 0.3) is 0 Å². The molecule has 1 aromatic heterocycles. The summed E-state index contributed by atoms with van der Waals surface area (Å²) < 4.78 is 33.3. The first kappa shape index (κ1) is 16.8. The van der Waals surface area contributed by atoms with Crippen LogP contribution in [0.25, 0.3) is 22.2 Å². The van der Waals surface area contributed by atoms with Crippen molar-refractivity contribution in [1.29, 1.82) is 0 Å². The Morgan fingerprint density at radius 1 is 1.04 bits per heavy atom. The summed E-state index contributed by atoms with van der Waals surface area (Å²) in [6.45, 7) is 1.69. The van der Waals surface area contributed by atoms with E-state index in [2.05, 4.69) is 20.9 Å². The predicted molar refractivity (Wildman–Crippen MR) is 101 cm³/mol. The average molecular weight is 421 g/mol. The molecule has 0 radical (unpaired) electrons. The Morgan fingerprint density at radius 2 is 1.84 bits per heavy atom. The lowest BCUT2D eigenvalue weighted by Crippen LogP contribution is -2.40. The van der Waals surface area contributed by atoms with Crippen LogP contribution in [0.2, 0.25) is 0 Å². The van der Waals surface area contributed by atoms with Gasteiger partial charge in [0.1, 0.15) is 0 Å². The van der Waals surface area contributed by atoms with Gasteiger partial charge in [-0.15, -0.1) is 0 Å². The summed E-state index contributed by atoms with van der Waals surface area (Å²) in [6, 6.07) is 15.2. The SMILES string of the molecule is O=S(=O)(c1ccc2[nH]c(-c3cccc(Br)c3)cc2c1)N1CCOCC1. The van der Waals surface area contributed by atoms with Gasteiger partial charge in [-0.3, -0.25) is 0 Å². The van der Waals surface area contributed by atoms with E-state index in [0.717, 1.165) is 26.6 Å². The molecule has 0 spiro atoms. The van der Waals surface area contributed by atoms with Gasteiger partial charge in [0, 0.05) is 34.2 Å². The highest BCUT2D eigenvalue weighted by atomic mass is 79.9. The van der Waals surface area contributed by atoms with E-state index in [0.29, 0.717) is 31.2 Å². The van der Waals surface area contributed by atoms with Crippen molar-refractivity contribution in [2.24, 2.45) is 0 Å². The number of H-pyrrole nitrogens is 1. The van der Waals surface area contributed by atoms with E-state index < -0.39 is 10.0 Å². The van der Waals surface area contributed by atoms with Crippen LogP contribution in [-0.2, 0) is 14.8 Å². The Labute approximate surface area is 154 Å². The lowest BCUT2D eigenvalue weighted by atomic mass is 10.1. The maximum Gasteiger partial charge on any atom is 0.243 e. The molecular formula is C18H17BrN2O3S. The molecule has 0 aliphatic carbocycles. The van der Waals surface area contributed by atoms with Gasteiger partial charge in [0.05, 0.1) is 18.1 Å². The summed E-state index contributed by atoms with van der Waals surface area (Å²) >= 11 is 3.48. The normalized spacial score (nSPS) is 16.4. The van der Waals surface area contributed by atoms with Crippen molar-refractivity contribution in [1.82, 2.24) is 9.29 Å². The van der Waals surface area contributed by atoms with Crippen molar-refractivity contribution in [2.75, 3.05) is 26.3 Å². The van der Waals surface area contributed by atoms with E-state index in [1.807, 2.05) is 36.4 Å². The predicted octanol–water partition coefficient (Wildman–Crippen LogP) is 3.62. The molecule has 0 bridgehead atoms. The number of hydrogen-bond acceptors (Lipinski definition) is 3. The Balaban J connectivity index is 1.73. The second-order valence-corrected chi connectivity index (χ2v) is 8.81. The van der Waals surface area contributed by atoms with Crippen LogP contribution < -0.4 is 0 Å². The second kappa shape index (κ2) is 6.57. The molecule has 7 heteroatoms. The first-order valence-electron chi connectivity index (χ1n) is 8.01. The standard InChI is InChI=1S/C18H17BrN2O3S/c19-15-3-1-2-13(10-15)18-12-14-11-16(4-5-17(14)20-18)25(22,23)21-6-8-24-9-7-21/h1-5,10-12,20H,6-9H2. The lowest BCUT2D eigenvalue weighted by molar-refractivity contribution is 0.0730. The third kappa shape index (κ3) is 3.25. The Morgan fingerprint density at radius 3 is 2.60 bits per heavy atom. The van der Waals surface area contributed by atoms with Gasteiger partial charge in [-0.05, 0) is 42.0 Å². The van der Waals surface area contributed by atoms with Crippen LogP contribution in [0.1, 0.15) is 0 Å². The highest BCUT2D eigenvalue weighted by Gasteiger charge is 2.26. The molecule has 3 aromatic rings. The molecule has 0 atom stereocenters. The van der Waals surface area contributed by atoms with E-state index >= 15 is 0 Å². The van der Waals surface area contributed by atoms with Crippen LogP contribution in [0.4, 0.5) is 0 Å². The van der Waals surface area contributed by atoms with Gasteiger partial charge in [0.15, 0.2) is 0 Å². The first-order chi connectivity index (χ1) is 12.0. The number of rotatable bonds is 3. The van der Waals surface area contributed by atoms with Crippen LogP contribution >= 0.6 is 15.9 Å². The minimum Gasteiger partial charge on any atom is -0.379 e. The van der Waals surface area contributed by atoms with Gasteiger partial charge in [0.2, 0.25) is 10.0 Å². The quantitative estimate of drug-likeness (QED) is 0.703. The van der Waals surface area contributed by atoms with Crippen LogP contribution in [0.5, 0.6) is 0 Å². The highest BCUT2D eigenvalue weighted by molar-refractivity contribution is 9.10. The fourth-order valence-corrected chi connectivity index (χ4v) is 4.86. The fraction of sp³-hybridized carbons (Fsp3) is 0.222. The minimum atomic E-state index is -3.48. The monoisotopic (exact) mass is 420 g/mol. The molecule has 2 heterocycles. The Kier molecular flexibility index (Phi) is 4.41. The molecular weight excluding hydrogens is 404 g/mol. The molecule has 1 N–H and O–H groups in total. The topological polar surface area (TPSA) is 62.4 Å². The summed E-state index contributed by atoms with van der Waals surface area (Å²) in [4.78, 5) is 3.67. The average Bonchev–Trinajstić information content (AvgIpc) is 3.06. The van der Waals surface area contributed by atoms with Gasteiger partial charge in [-0.2, -0.15) is 4.31 Å². The molecule has 1 saturated heterocycles. The molecule has 1 aliphatic rings. The Bertz CT molecular complexity index is 1020. The number of aromatic nitrogens is 1. The molecule has 2 aromatic carbocycles. The third-order valence-electron chi connectivity index (χ3n) is 4.34. The number of nitrogens with one attached hydrogen (secondary N) is 1. The largest absolute Gasteiger partial charge is 0.379 e. The van der Waals surface area contributed by atoms with Crippen LogP contribution in [0.15, 0.2) is 57.9 Å². The molecule has 25 heavy (non-hydrogen) atoms. The van der Waals surface area contributed by atoms with Crippen LogP contribution in [0, 0.1) is 0 Å². The fourth-order valence-electron chi connectivity index (χ4n) is 3.02. The van der Waals surface area contributed by atoms with E-state index in [1.165, 1.54) is 4.31 Å². The summed E-state index contributed by atoms with van der Waals surface area (Å²) in [5.41, 5.74) is 2.91. The summed E-state index contributed by atoms with van der Waals surface area (Å²) in [7, 11) is -3.48. The van der Waals surface area contributed by atoms with Crippen molar-refractivity contribution in [2.45, 2.75) is 4.90 Å². The lowest BCUT2D eigenvalue weighted by Gasteiger charge is -2.26. The van der Waals surface area contributed by atoms with Crippen molar-refractivity contribution in [3.8, 4) is 11.3 Å². The first-order valence-corrected chi connectivity index (χ1v) is 10.2. The number of aromatic amines is 1. The number of ether oxygens (including phenoxy) is 1. The van der Waals surface area contributed by atoms with Crippen molar-refractivity contribution >= 4 is 36.9 Å². The smallest absolute Gasteiger partial charge is 0.243 e. The molecule has 1 aliphatic heterocycles. The van der Waals surface area contributed by atoms with Crippen molar-refractivity contribution in [3.05, 3.63) is 53.0 Å². The number of benzene rings is 2. The number of halogens is 1. The molecule has 130 valence electrons.